The van der Waals surface area contributed by atoms with Gasteiger partial charge in [-0.2, -0.15) is 13.2 Å². The Labute approximate surface area is 202 Å². The minimum absolute atomic E-state index is 0.0427. The molecule has 2 N–H and O–H groups in total. The number of halogens is 3. The zero-order valence-electron chi connectivity index (χ0n) is 20.2. The molecule has 0 bridgehead atoms. The summed E-state index contributed by atoms with van der Waals surface area (Å²) in [7, 11) is 2.66. The first-order valence-corrected chi connectivity index (χ1v) is 11.5. The van der Waals surface area contributed by atoms with Crippen molar-refractivity contribution in [1.82, 2.24) is 20.1 Å². The van der Waals surface area contributed by atoms with E-state index in [2.05, 4.69) is 41.6 Å². The number of benzene rings is 1. The van der Waals surface area contributed by atoms with Gasteiger partial charge in [-0.15, -0.1) is 0 Å². The number of carbonyl (C=O) groups excluding carboxylic acids is 2. The molecule has 1 aliphatic carbocycles. The van der Waals surface area contributed by atoms with E-state index in [1.807, 2.05) is 12.1 Å². The van der Waals surface area contributed by atoms with E-state index in [-0.39, 0.29) is 36.1 Å². The highest BCUT2D eigenvalue weighted by Gasteiger charge is 2.48. The van der Waals surface area contributed by atoms with Crippen LogP contribution in [0.25, 0.3) is 0 Å². The quantitative estimate of drug-likeness (QED) is 0.676. The van der Waals surface area contributed by atoms with Crippen LogP contribution in [-0.4, -0.2) is 72.0 Å². The van der Waals surface area contributed by atoms with Crippen LogP contribution in [-0.2, 0) is 21.4 Å². The maximum Gasteiger partial charge on any atom is 0.414 e. The van der Waals surface area contributed by atoms with Gasteiger partial charge in [0.05, 0.1) is 24.1 Å². The van der Waals surface area contributed by atoms with E-state index in [0.717, 1.165) is 13.5 Å². The van der Waals surface area contributed by atoms with Gasteiger partial charge in [0.15, 0.2) is 6.04 Å². The summed E-state index contributed by atoms with van der Waals surface area (Å²) in [5, 5.41) is 5.96. The average molecular weight is 490 g/mol. The van der Waals surface area contributed by atoms with Gasteiger partial charge >= 0.3 is 6.18 Å². The molecule has 10 heteroatoms. The number of nitrogens with zero attached hydrogens (tertiary/aromatic N) is 3. The molecular weight excluding hydrogens is 459 g/mol. The van der Waals surface area contributed by atoms with Crippen molar-refractivity contribution >= 4 is 17.5 Å². The first-order valence-electron chi connectivity index (χ1n) is 11.5. The Bertz CT molecular complexity index is 1100. The van der Waals surface area contributed by atoms with Crippen LogP contribution in [0.2, 0.25) is 0 Å². The van der Waals surface area contributed by atoms with Crippen molar-refractivity contribution in [3.63, 3.8) is 0 Å². The molecule has 1 aromatic heterocycles. The van der Waals surface area contributed by atoms with E-state index in [1.165, 1.54) is 28.3 Å². The molecule has 4 rings (SSSR count). The van der Waals surface area contributed by atoms with E-state index in [4.69, 9.17) is 0 Å². The molecule has 0 radical (unpaired) electrons. The van der Waals surface area contributed by atoms with Crippen molar-refractivity contribution in [1.29, 1.82) is 0 Å². The lowest BCUT2D eigenvalue weighted by atomic mass is 9.83. The van der Waals surface area contributed by atoms with Gasteiger partial charge in [0.2, 0.25) is 11.8 Å². The second-order valence-corrected chi connectivity index (χ2v) is 9.88. The number of piperazine rings is 1. The Morgan fingerprint density at radius 2 is 1.97 bits per heavy atom. The minimum atomic E-state index is -4.72. The van der Waals surface area contributed by atoms with Gasteiger partial charge in [0.1, 0.15) is 6.04 Å². The molecule has 35 heavy (non-hydrogen) atoms. The third kappa shape index (κ3) is 4.84. The smallest absolute Gasteiger partial charge is 0.380 e. The minimum Gasteiger partial charge on any atom is -0.380 e. The largest absolute Gasteiger partial charge is 0.414 e. The Kier molecular flexibility index (Phi) is 6.52. The van der Waals surface area contributed by atoms with Gasteiger partial charge in [-0.1, -0.05) is 38.1 Å². The fourth-order valence-electron chi connectivity index (χ4n) is 5.06. The van der Waals surface area contributed by atoms with Crippen molar-refractivity contribution in [3.05, 3.63) is 59.4 Å². The third-order valence-electron chi connectivity index (χ3n) is 7.16. The maximum atomic E-state index is 14.1. The predicted molar refractivity (Wildman–Crippen MR) is 126 cm³/mol. The average Bonchev–Trinajstić information content (AvgIpc) is 3.03. The number of rotatable bonds is 5. The molecule has 1 unspecified atom stereocenters. The zero-order chi connectivity index (χ0) is 25.5. The number of likely N-dealkylation sites (N-methyl/N-ethyl adjacent to an activating group) is 2. The van der Waals surface area contributed by atoms with Crippen LogP contribution in [0.5, 0.6) is 0 Å². The van der Waals surface area contributed by atoms with Gasteiger partial charge in [-0.3, -0.25) is 19.5 Å². The highest BCUT2D eigenvalue weighted by molar-refractivity contribution is 5.87. The first kappa shape index (κ1) is 25.0. The number of fused-ring (bicyclic) bond motifs is 1. The Morgan fingerprint density at radius 1 is 1.26 bits per heavy atom. The molecule has 1 saturated heterocycles. The van der Waals surface area contributed by atoms with Crippen LogP contribution in [0.1, 0.15) is 36.7 Å². The number of aromatic nitrogens is 1. The molecule has 0 spiro atoms. The highest BCUT2D eigenvalue weighted by atomic mass is 19.4. The monoisotopic (exact) mass is 489 g/mol. The van der Waals surface area contributed by atoms with E-state index < -0.39 is 24.2 Å². The Hall–Kier alpha value is -3.14. The van der Waals surface area contributed by atoms with Crippen molar-refractivity contribution in [2.75, 3.05) is 32.5 Å². The lowest BCUT2D eigenvalue weighted by molar-refractivity contribution is -0.191. The standard InChI is InChI=1S/C25H30F3N5O2/c1-24(2)17-8-6-5-7-15(17)11-20(24)31-16-9-10-18(29-12-16)22(25(26,27)28)33(4)23(35)19-13-30-21(34)14-32(19)3/h5-10,12,19-20,22,31H,11,13-14H2,1-4H3,(H,30,34)/t19?,20-,22-/m0/s1. The summed E-state index contributed by atoms with van der Waals surface area (Å²) in [6.45, 7) is 4.19. The van der Waals surface area contributed by atoms with Gasteiger partial charge in [-0.25, -0.2) is 0 Å². The van der Waals surface area contributed by atoms with E-state index in [9.17, 15) is 22.8 Å². The van der Waals surface area contributed by atoms with E-state index in [1.54, 1.807) is 13.1 Å². The number of nitrogens with one attached hydrogen (secondary N) is 2. The van der Waals surface area contributed by atoms with Crippen LogP contribution in [0.15, 0.2) is 42.6 Å². The number of hydrogen-bond donors (Lipinski definition) is 2. The van der Waals surface area contributed by atoms with Crippen LogP contribution in [0.3, 0.4) is 0 Å². The zero-order valence-corrected chi connectivity index (χ0v) is 20.2. The molecule has 3 atom stereocenters. The number of pyridine rings is 1. The van der Waals surface area contributed by atoms with Gasteiger partial charge in [0.25, 0.3) is 0 Å². The predicted octanol–water partition coefficient (Wildman–Crippen LogP) is 2.89. The van der Waals surface area contributed by atoms with E-state index in [0.29, 0.717) is 10.6 Å². The van der Waals surface area contributed by atoms with Crippen LogP contribution in [0, 0.1) is 0 Å². The summed E-state index contributed by atoms with van der Waals surface area (Å²) in [5.41, 5.74) is 2.70. The number of anilines is 1. The summed E-state index contributed by atoms with van der Waals surface area (Å²) in [5.74, 6) is -1.01. The molecule has 1 aromatic carbocycles. The number of amides is 2. The van der Waals surface area contributed by atoms with Crippen molar-refractivity contribution in [2.24, 2.45) is 0 Å². The van der Waals surface area contributed by atoms with Gasteiger partial charge in [0, 0.05) is 25.0 Å². The molecule has 1 fully saturated rings. The molecule has 1 aliphatic heterocycles. The SMILES string of the molecule is CN1CC(=O)NCC1C(=O)N(C)[C@@H](c1ccc(N[C@H]2Cc3ccccc3C2(C)C)cn1)C(F)(F)F. The fourth-order valence-corrected chi connectivity index (χ4v) is 5.06. The molecule has 0 saturated carbocycles. The molecule has 2 amide bonds. The van der Waals surface area contributed by atoms with Crippen molar-refractivity contribution < 1.29 is 22.8 Å². The fraction of sp³-hybridized carbons (Fsp3) is 0.480. The normalized spacial score (nSPS) is 22.8. The Morgan fingerprint density at radius 3 is 2.57 bits per heavy atom. The maximum absolute atomic E-state index is 14.1. The summed E-state index contributed by atoms with van der Waals surface area (Å²) >= 11 is 0. The summed E-state index contributed by atoms with van der Waals surface area (Å²) < 4.78 is 42.3. The summed E-state index contributed by atoms with van der Waals surface area (Å²) in [4.78, 5) is 30.7. The first-order chi connectivity index (χ1) is 16.4. The van der Waals surface area contributed by atoms with Crippen molar-refractivity contribution in [3.8, 4) is 0 Å². The molecule has 2 aromatic rings. The molecule has 2 heterocycles. The number of hydrogen-bond acceptors (Lipinski definition) is 5. The second kappa shape index (κ2) is 9.14. The molecule has 7 nitrogen and oxygen atoms in total. The third-order valence-corrected chi connectivity index (χ3v) is 7.16. The van der Waals surface area contributed by atoms with Gasteiger partial charge < -0.3 is 15.5 Å². The lowest BCUT2D eigenvalue weighted by Gasteiger charge is -2.37. The highest BCUT2D eigenvalue weighted by Crippen LogP contribution is 2.40. The molecule has 2 aliphatic rings. The summed E-state index contributed by atoms with van der Waals surface area (Å²) in [6.07, 6.45) is -2.53. The van der Waals surface area contributed by atoms with Crippen molar-refractivity contribution in [2.45, 2.75) is 50.0 Å². The van der Waals surface area contributed by atoms with Gasteiger partial charge in [-0.05, 0) is 36.7 Å². The van der Waals surface area contributed by atoms with Crippen LogP contribution in [0.4, 0.5) is 18.9 Å². The van der Waals surface area contributed by atoms with Crippen LogP contribution >= 0.6 is 0 Å². The molecule has 188 valence electrons. The number of alkyl halides is 3. The topological polar surface area (TPSA) is 77.6 Å². The van der Waals surface area contributed by atoms with Crippen LogP contribution < -0.4 is 10.6 Å². The molecular formula is C25H30F3N5O2. The summed E-state index contributed by atoms with van der Waals surface area (Å²) in [6, 6.07) is 8.07. The second-order valence-electron chi connectivity index (χ2n) is 9.88. The number of carbonyl (C=O) groups is 2. The Balaban J connectivity index is 1.52. The van der Waals surface area contributed by atoms with E-state index >= 15 is 0 Å². The lowest BCUT2D eigenvalue weighted by Crippen LogP contribution is -2.59.